The van der Waals surface area contributed by atoms with Gasteiger partial charge >= 0.3 is 0 Å². The number of aliphatic hydroxyl groups excluding tert-OH is 2. The summed E-state index contributed by atoms with van der Waals surface area (Å²) in [6.45, 7) is 1.34. The molecular weight excluding hydrogens is 216 g/mol. The Morgan fingerprint density at radius 3 is 2.73 bits per heavy atom. The van der Waals surface area contributed by atoms with Crippen molar-refractivity contribution in [2.45, 2.75) is 19.4 Å². The minimum atomic E-state index is -0.586. The number of rotatable bonds is 5. The average molecular weight is 230 g/mol. The highest BCUT2D eigenvalue weighted by Gasteiger charge is 2.11. The molecule has 0 aliphatic rings. The Bertz CT molecular complexity index is 323. The molecular formula is C9H14N2O3S. The number of aromatic nitrogens is 1. The van der Waals surface area contributed by atoms with E-state index in [0.717, 1.165) is 5.01 Å². The third-order valence-corrected chi connectivity index (χ3v) is 2.64. The van der Waals surface area contributed by atoms with Crippen molar-refractivity contribution in [2.75, 3.05) is 13.2 Å². The van der Waals surface area contributed by atoms with Crippen LogP contribution in [0, 0.1) is 6.92 Å². The fraction of sp³-hybridized carbons (Fsp3) is 0.556. The summed E-state index contributed by atoms with van der Waals surface area (Å²) >= 11 is 1.49. The number of nitrogens with zero attached hydrogens (tertiary/aromatic N) is 1. The summed E-state index contributed by atoms with van der Waals surface area (Å²) in [5.74, 6) is -0.242. The van der Waals surface area contributed by atoms with Gasteiger partial charge in [-0.15, -0.1) is 11.3 Å². The number of amides is 1. The molecule has 0 atom stereocenters. The van der Waals surface area contributed by atoms with E-state index in [1.54, 1.807) is 0 Å². The van der Waals surface area contributed by atoms with Gasteiger partial charge in [-0.05, 0) is 6.92 Å². The summed E-state index contributed by atoms with van der Waals surface area (Å²) < 4.78 is 0. The lowest BCUT2D eigenvalue weighted by molar-refractivity contribution is -0.121. The molecule has 1 rings (SSSR count). The van der Waals surface area contributed by atoms with Gasteiger partial charge < -0.3 is 15.5 Å². The van der Waals surface area contributed by atoms with Crippen LogP contribution in [-0.4, -0.2) is 40.4 Å². The standard InChI is InChI=1S/C9H14N2O3S/c1-6-10-7(5-15-6)2-9(14)11-8(3-12)4-13/h5,8,12-13H,2-4H2,1H3,(H,11,14). The second-order valence-electron chi connectivity index (χ2n) is 3.16. The molecule has 0 aliphatic heterocycles. The van der Waals surface area contributed by atoms with Gasteiger partial charge in [0, 0.05) is 5.38 Å². The van der Waals surface area contributed by atoms with Gasteiger partial charge in [-0.25, -0.2) is 4.98 Å². The molecule has 0 radical (unpaired) electrons. The van der Waals surface area contributed by atoms with Gasteiger partial charge in [0.15, 0.2) is 0 Å². The summed E-state index contributed by atoms with van der Waals surface area (Å²) in [4.78, 5) is 15.5. The molecule has 5 nitrogen and oxygen atoms in total. The second kappa shape index (κ2) is 5.79. The monoisotopic (exact) mass is 230 g/mol. The Labute approximate surface area is 91.8 Å². The second-order valence-corrected chi connectivity index (χ2v) is 4.23. The number of carbonyl (C=O) groups excluding carboxylic acids is 1. The van der Waals surface area contributed by atoms with Crippen molar-refractivity contribution < 1.29 is 15.0 Å². The quantitative estimate of drug-likeness (QED) is 0.634. The van der Waals surface area contributed by atoms with Crippen LogP contribution in [-0.2, 0) is 11.2 Å². The lowest BCUT2D eigenvalue weighted by atomic mass is 10.3. The van der Waals surface area contributed by atoms with Crippen LogP contribution in [0.4, 0.5) is 0 Å². The molecule has 1 amide bonds. The van der Waals surface area contributed by atoms with Crippen LogP contribution in [0.1, 0.15) is 10.7 Å². The van der Waals surface area contributed by atoms with Crippen molar-refractivity contribution in [3.8, 4) is 0 Å². The highest BCUT2D eigenvalue weighted by Crippen LogP contribution is 2.08. The first-order valence-electron chi connectivity index (χ1n) is 4.57. The number of hydrogen-bond acceptors (Lipinski definition) is 5. The lowest BCUT2D eigenvalue weighted by Crippen LogP contribution is -2.40. The number of thiazole rings is 1. The van der Waals surface area contributed by atoms with Crippen molar-refractivity contribution in [2.24, 2.45) is 0 Å². The highest BCUT2D eigenvalue weighted by molar-refractivity contribution is 7.09. The van der Waals surface area contributed by atoms with Crippen LogP contribution in [0.15, 0.2) is 5.38 Å². The maximum absolute atomic E-state index is 11.4. The van der Waals surface area contributed by atoms with Crippen molar-refractivity contribution in [1.29, 1.82) is 0 Å². The van der Waals surface area contributed by atoms with Crippen LogP contribution < -0.4 is 5.32 Å². The normalized spacial score (nSPS) is 10.7. The number of hydrogen-bond donors (Lipinski definition) is 3. The summed E-state index contributed by atoms with van der Waals surface area (Å²) in [6, 6.07) is -0.586. The fourth-order valence-electron chi connectivity index (χ4n) is 1.08. The molecule has 1 aromatic rings. The first kappa shape index (κ1) is 12.1. The van der Waals surface area contributed by atoms with Crippen molar-refractivity contribution in [3.63, 3.8) is 0 Å². The molecule has 6 heteroatoms. The maximum Gasteiger partial charge on any atom is 0.226 e. The SMILES string of the molecule is Cc1nc(CC(=O)NC(CO)CO)cs1. The first-order valence-corrected chi connectivity index (χ1v) is 5.45. The van der Waals surface area contributed by atoms with E-state index in [-0.39, 0.29) is 25.5 Å². The molecule has 1 aromatic heterocycles. The van der Waals surface area contributed by atoms with Gasteiger partial charge in [0.05, 0.1) is 36.4 Å². The molecule has 0 aromatic carbocycles. The van der Waals surface area contributed by atoms with Crippen molar-refractivity contribution in [1.82, 2.24) is 10.3 Å². The van der Waals surface area contributed by atoms with Crippen LogP contribution in [0.2, 0.25) is 0 Å². The largest absolute Gasteiger partial charge is 0.394 e. The van der Waals surface area contributed by atoms with Crippen LogP contribution in [0.3, 0.4) is 0 Å². The van der Waals surface area contributed by atoms with E-state index in [1.807, 2.05) is 12.3 Å². The van der Waals surface area contributed by atoms with E-state index in [2.05, 4.69) is 10.3 Å². The Morgan fingerprint density at radius 1 is 1.60 bits per heavy atom. The van der Waals surface area contributed by atoms with E-state index in [4.69, 9.17) is 10.2 Å². The van der Waals surface area contributed by atoms with Gasteiger partial charge in [0.2, 0.25) is 5.91 Å². The van der Waals surface area contributed by atoms with Crippen LogP contribution in [0.5, 0.6) is 0 Å². The molecule has 3 N–H and O–H groups in total. The molecule has 0 bridgehead atoms. The predicted octanol–water partition coefficient (Wildman–Crippen LogP) is -0.537. The zero-order valence-corrected chi connectivity index (χ0v) is 9.25. The van der Waals surface area contributed by atoms with E-state index < -0.39 is 6.04 Å². The minimum Gasteiger partial charge on any atom is -0.394 e. The van der Waals surface area contributed by atoms with E-state index >= 15 is 0 Å². The number of aryl methyl sites for hydroxylation is 1. The molecule has 84 valence electrons. The van der Waals surface area contributed by atoms with Gasteiger partial charge in [0.25, 0.3) is 0 Å². The highest BCUT2D eigenvalue weighted by atomic mass is 32.1. The minimum absolute atomic E-state index is 0.181. The zero-order chi connectivity index (χ0) is 11.3. The van der Waals surface area contributed by atoms with Crippen LogP contribution in [0.25, 0.3) is 0 Å². The summed E-state index contributed by atoms with van der Waals surface area (Å²) in [5, 5.41) is 22.8. The van der Waals surface area contributed by atoms with E-state index in [1.165, 1.54) is 11.3 Å². The number of nitrogens with one attached hydrogen (secondary N) is 1. The molecule has 0 spiro atoms. The van der Waals surface area contributed by atoms with E-state index in [9.17, 15) is 4.79 Å². The Kier molecular flexibility index (Phi) is 4.67. The van der Waals surface area contributed by atoms with Crippen molar-refractivity contribution >= 4 is 17.2 Å². The number of carbonyl (C=O) groups is 1. The zero-order valence-electron chi connectivity index (χ0n) is 8.43. The Balaban J connectivity index is 2.42. The summed E-state index contributed by atoms with van der Waals surface area (Å²) in [6.07, 6.45) is 0.181. The van der Waals surface area contributed by atoms with Crippen LogP contribution >= 0.6 is 11.3 Å². The topological polar surface area (TPSA) is 82.5 Å². The Morgan fingerprint density at radius 2 is 2.27 bits per heavy atom. The molecule has 0 aliphatic carbocycles. The Hall–Kier alpha value is -0.980. The first-order chi connectivity index (χ1) is 7.15. The van der Waals surface area contributed by atoms with Gasteiger partial charge in [-0.3, -0.25) is 4.79 Å². The average Bonchev–Trinajstić information content (AvgIpc) is 2.60. The van der Waals surface area contributed by atoms with Gasteiger partial charge in [-0.2, -0.15) is 0 Å². The molecule has 0 fully saturated rings. The third kappa shape index (κ3) is 3.94. The summed E-state index contributed by atoms with van der Waals surface area (Å²) in [5.41, 5.74) is 0.713. The van der Waals surface area contributed by atoms with Gasteiger partial charge in [0.1, 0.15) is 0 Å². The molecule has 1 heterocycles. The molecule has 0 saturated carbocycles. The third-order valence-electron chi connectivity index (χ3n) is 1.81. The lowest BCUT2D eigenvalue weighted by Gasteiger charge is -2.12. The van der Waals surface area contributed by atoms with E-state index in [0.29, 0.717) is 5.69 Å². The molecule has 15 heavy (non-hydrogen) atoms. The molecule has 0 unspecified atom stereocenters. The number of aliphatic hydroxyl groups is 2. The summed E-state index contributed by atoms with van der Waals surface area (Å²) in [7, 11) is 0. The smallest absolute Gasteiger partial charge is 0.226 e. The maximum atomic E-state index is 11.4. The van der Waals surface area contributed by atoms with Gasteiger partial charge in [-0.1, -0.05) is 0 Å². The molecule has 0 saturated heterocycles. The predicted molar refractivity (Wildman–Crippen MR) is 56.7 cm³/mol. The fourth-order valence-corrected chi connectivity index (χ4v) is 1.69. The van der Waals surface area contributed by atoms with Crippen molar-refractivity contribution in [3.05, 3.63) is 16.1 Å².